The number of halogens is 2. The molecule has 2 atom stereocenters. The van der Waals surface area contributed by atoms with Gasteiger partial charge in [0.05, 0.1) is 17.7 Å². The van der Waals surface area contributed by atoms with Gasteiger partial charge in [-0.3, -0.25) is 9.59 Å². The van der Waals surface area contributed by atoms with E-state index in [9.17, 15) is 28.6 Å². The van der Waals surface area contributed by atoms with Gasteiger partial charge >= 0.3 is 0 Å². The normalized spacial score (nSPS) is 14.9. The van der Waals surface area contributed by atoms with Crippen LogP contribution in [0.3, 0.4) is 0 Å². The van der Waals surface area contributed by atoms with Crippen LogP contribution in [0.2, 0.25) is 0 Å². The third-order valence-electron chi connectivity index (χ3n) is 7.37. The first-order valence-corrected chi connectivity index (χ1v) is 14.1. The lowest BCUT2D eigenvalue weighted by atomic mass is 9.99. The van der Waals surface area contributed by atoms with Crippen LogP contribution in [-0.4, -0.2) is 58.7 Å². The third-order valence-corrected chi connectivity index (χ3v) is 7.37. The molecule has 1 aliphatic rings. The summed E-state index contributed by atoms with van der Waals surface area (Å²) in [5.41, 5.74) is 2.65. The van der Waals surface area contributed by atoms with E-state index in [4.69, 9.17) is 0 Å². The smallest absolute Gasteiger partial charge is 0.257 e. The van der Waals surface area contributed by atoms with Crippen molar-refractivity contribution in [2.24, 2.45) is 0 Å². The number of aliphatic hydroxyl groups excluding tert-OH is 1. The van der Waals surface area contributed by atoms with Crippen LogP contribution in [0.15, 0.2) is 60.7 Å². The number of hydrogen-bond acceptors (Lipinski definition) is 5. The zero-order chi connectivity index (χ0) is 29.4. The highest BCUT2D eigenvalue weighted by molar-refractivity contribution is 6.01. The van der Waals surface area contributed by atoms with Crippen molar-refractivity contribution in [2.45, 2.75) is 57.7 Å². The predicted molar refractivity (Wildman–Crippen MR) is 153 cm³/mol. The summed E-state index contributed by atoms with van der Waals surface area (Å²) in [6, 6.07) is 14.3. The van der Waals surface area contributed by atoms with Crippen LogP contribution in [0.5, 0.6) is 5.75 Å². The van der Waals surface area contributed by atoms with Crippen molar-refractivity contribution >= 4 is 11.8 Å². The number of aryl methyl sites for hydroxylation is 1. The first kappa shape index (κ1) is 30.1. The summed E-state index contributed by atoms with van der Waals surface area (Å²) in [6.07, 6.45) is 2.56. The molecule has 0 aromatic heterocycles. The van der Waals surface area contributed by atoms with Crippen molar-refractivity contribution < 1.29 is 28.6 Å². The Labute approximate surface area is 239 Å². The second kappa shape index (κ2) is 14.2. The number of aliphatic hydroxyl groups is 1. The van der Waals surface area contributed by atoms with Crippen LogP contribution < -0.4 is 10.6 Å². The summed E-state index contributed by atoms with van der Waals surface area (Å²) in [5, 5.41) is 27.4. The number of nitrogens with zero attached hydrogens (tertiary/aromatic N) is 1. The van der Waals surface area contributed by atoms with E-state index in [2.05, 4.69) is 23.6 Å². The molecule has 9 heteroatoms. The second-order valence-corrected chi connectivity index (χ2v) is 10.5. The zero-order valence-electron chi connectivity index (χ0n) is 23.2. The van der Waals surface area contributed by atoms with Crippen molar-refractivity contribution in [1.29, 1.82) is 0 Å². The fourth-order valence-electron chi connectivity index (χ4n) is 5.10. The number of piperidine rings is 1. The van der Waals surface area contributed by atoms with E-state index in [-0.39, 0.29) is 41.3 Å². The molecule has 3 aromatic carbocycles. The Bertz CT molecular complexity index is 1340. The molecular weight excluding hydrogens is 528 g/mol. The predicted octanol–water partition coefficient (Wildman–Crippen LogP) is 4.35. The number of nitrogens with one attached hydrogen (secondary N) is 2. The molecule has 0 radical (unpaired) electrons. The first-order valence-electron chi connectivity index (χ1n) is 14.1. The minimum absolute atomic E-state index is 0.0276. The standard InChI is InChI=1S/C32H37F2N3O4/c1-2-21-7-6-8-22(13-21)19-35-20-30(39)28(16-23-14-25(33)18-26(34)15-23)36-31(40)24-9-10-29(38)27(17-24)32(41)37-11-4-3-5-12-37/h6-10,13-15,17-18,28,30,35,38-39H,2-5,11-12,16,19-20H2,1H3,(H,36,40)/t28-,30+/m0/s1. The largest absolute Gasteiger partial charge is 0.507 e. The van der Waals surface area contributed by atoms with Gasteiger partial charge in [0.1, 0.15) is 17.4 Å². The van der Waals surface area contributed by atoms with Crippen LogP contribution in [-0.2, 0) is 19.4 Å². The lowest BCUT2D eigenvalue weighted by molar-refractivity contribution is 0.0721. The minimum Gasteiger partial charge on any atom is -0.507 e. The average molecular weight is 566 g/mol. The lowest BCUT2D eigenvalue weighted by Crippen LogP contribution is -2.48. The topological polar surface area (TPSA) is 102 Å². The third kappa shape index (κ3) is 8.34. The number of benzene rings is 3. The van der Waals surface area contributed by atoms with Crippen molar-refractivity contribution in [3.63, 3.8) is 0 Å². The summed E-state index contributed by atoms with van der Waals surface area (Å²) in [5.74, 6) is -2.67. The van der Waals surface area contributed by atoms with Gasteiger partial charge in [-0.15, -0.1) is 0 Å². The molecule has 4 rings (SSSR count). The zero-order valence-corrected chi connectivity index (χ0v) is 23.2. The van der Waals surface area contributed by atoms with Crippen LogP contribution in [0.1, 0.15) is 63.6 Å². The van der Waals surface area contributed by atoms with Crippen molar-refractivity contribution in [3.8, 4) is 5.75 Å². The molecule has 1 saturated heterocycles. The molecule has 0 saturated carbocycles. The molecule has 4 N–H and O–H groups in total. The van der Waals surface area contributed by atoms with Gasteiger partial charge in [0.25, 0.3) is 11.8 Å². The molecule has 2 amide bonds. The molecule has 0 unspecified atom stereocenters. The molecule has 41 heavy (non-hydrogen) atoms. The van der Waals surface area contributed by atoms with Crippen LogP contribution in [0, 0.1) is 11.6 Å². The van der Waals surface area contributed by atoms with Crippen LogP contribution in [0.25, 0.3) is 0 Å². The highest BCUT2D eigenvalue weighted by Gasteiger charge is 2.25. The Kier molecular flexibility index (Phi) is 10.4. The second-order valence-electron chi connectivity index (χ2n) is 10.5. The van der Waals surface area contributed by atoms with Gasteiger partial charge < -0.3 is 25.7 Å². The maximum atomic E-state index is 13.9. The van der Waals surface area contributed by atoms with Gasteiger partial charge in [0.15, 0.2) is 0 Å². The number of aromatic hydroxyl groups is 1. The number of carbonyl (C=O) groups is 2. The monoisotopic (exact) mass is 565 g/mol. The molecule has 0 spiro atoms. The Balaban J connectivity index is 1.49. The molecule has 1 fully saturated rings. The number of likely N-dealkylation sites (tertiary alicyclic amines) is 1. The number of rotatable bonds is 11. The maximum Gasteiger partial charge on any atom is 0.257 e. The van der Waals surface area contributed by atoms with E-state index in [0.717, 1.165) is 49.4 Å². The van der Waals surface area contributed by atoms with E-state index < -0.39 is 29.7 Å². The fourth-order valence-corrected chi connectivity index (χ4v) is 5.10. The summed E-state index contributed by atoms with van der Waals surface area (Å²) >= 11 is 0. The van der Waals surface area contributed by atoms with Crippen molar-refractivity contribution in [3.05, 3.63) is 100 Å². The van der Waals surface area contributed by atoms with E-state index in [1.165, 1.54) is 23.8 Å². The number of hydrogen-bond donors (Lipinski definition) is 4. The number of phenolic OH excluding ortho intramolecular Hbond substituents is 1. The first-order chi connectivity index (χ1) is 19.7. The SMILES string of the molecule is CCc1cccc(CNC[C@@H](O)[C@H](Cc2cc(F)cc(F)c2)NC(=O)c2ccc(O)c(C(=O)N3CCCCC3)c2)c1. The highest BCUT2D eigenvalue weighted by Crippen LogP contribution is 2.23. The van der Waals surface area contributed by atoms with Crippen LogP contribution >= 0.6 is 0 Å². The Hall–Kier alpha value is -3.82. The number of amides is 2. The summed E-state index contributed by atoms with van der Waals surface area (Å²) < 4.78 is 27.8. The summed E-state index contributed by atoms with van der Waals surface area (Å²) in [6.45, 7) is 3.83. The highest BCUT2D eigenvalue weighted by atomic mass is 19.1. The van der Waals surface area contributed by atoms with Crippen LogP contribution in [0.4, 0.5) is 8.78 Å². The van der Waals surface area contributed by atoms with Crippen molar-refractivity contribution in [2.75, 3.05) is 19.6 Å². The van der Waals surface area contributed by atoms with Gasteiger partial charge in [-0.2, -0.15) is 0 Å². The van der Waals surface area contributed by atoms with E-state index in [1.54, 1.807) is 4.90 Å². The van der Waals surface area contributed by atoms with Gasteiger partial charge in [0.2, 0.25) is 0 Å². The maximum absolute atomic E-state index is 13.9. The van der Waals surface area contributed by atoms with E-state index in [0.29, 0.717) is 19.6 Å². The average Bonchev–Trinajstić information content (AvgIpc) is 2.96. The minimum atomic E-state index is -1.11. The fraction of sp³-hybridized carbons (Fsp3) is 0.375. The molecule has 1 aliphatic heterocycles. The summed E-state index contributed by atoms with van der Waals surface area (Å²) in [7, 11) is 0. The van der Waals surface area contributed by atoms with Gasteiger partial charge in [-0.1, -0.05) is 31.2 Å². The Morgan fingerprint density at radius 3 is 2.34 bits per heavy atom. The quantitative estimate of drug-likeness (QED) is 0.277. The summed E-state index contributed by atoms with van der Waals surface area (Å²) in [4.78, 5) is 28.0. The lowest BCUT2D eigenvalue weighted by Gasteiger charge is -2.27. The molecule has 1 heterocycles. The Morgan fingerprint density at radius 1 is 0.927 bits per heavy atom. The van der Waals surface area contributed by atoms with Gasteiger partial charge in [-0.25, -0.2) is 8.78 Å². The van der Waals surface area contributed by atoms with E-state index >= 15 is 0 Å². The van der Waals surface area contributed by atoms with Gasteiger partial charge in [0, 0.05) is 37.8 Å². The van der Waals surface area contributed by atoms with E-state index in [1.807, 2.05) is 18.2 Å². The number of carbonyl (C=O) groups excluding carboxylic acids is 2. The molecule has 218 valence electrons. The molecule has 0 aliphatic carbocycles. The van der Waals surface area contributed by atoms with Crippen molar-refractivity contribution in [1.82, 2.24) is 15.5 Å². The Morgan fingerprint density at radius 2 is 1.63 bits per heavy atom. The molecule has 7 nitrogen and oxygen atoms in total. The number of phenols is 1. The molecule has 3 aromatic rings. The molecule has 0 bridgehead atoms. The van der Waals surface area contributed by atoms with Gasteiger partial charge in [-0.05, 0) is 79.1 Å². The molecular formula is C32H37F2N3O4.